The van der Waals surface area contributed by atoms with Crippen LogP contribution in [0.15, 0.2) is 12.3 Å². The summed E-state index contributed by atoms with van der Waals surface area (Å²) >= 11 is 0. The Morgan fingerprint density at radius 1 is 0.714 bits per heavy atom. The van der Waals surface area contributed by atoms with E-state index in [0.717, 1.165) is 6.54 Å². The molecule has 0 aromatic rings. The Bertz CT molecular complexity index is 202. The average molecular weight is 297 g/mol. The van der Waals surface area contributed by atoms with E-state index in [1.54, 1.807) is 0 Å². The number of unbranched alkanes of at least 4 members (excludes halogenated alkanes) is 13. The van der Waals surface area contributed by atoms with Crippen molar-refractivity contribution in [3.8, 4) is 0 Å². The highest BCUT2D eigenvalue weighted by atomic mass is 14.8. The fraction of sp³-hybridized carbons (Fsp3) is 0.895. The van der Waals surface area contributed by atoms with Gasteiger partial charge >= 0.3 is 0 Å². The highest BCUT2D eigenvalue weighted by molar-refractivity contribution is 4.79. The van der Waals surface area contributed by atoms with Gasteiger partial charge in [0.05, 0.1) is 0 Å². The van der Waals surface area contributed by atoms with Gasteiger partial charge in [-0.25, -0.2) is 0 Å². The summed E-state index contributed by atoms with van der Waals surface area (Å²) < 4.78 is 0. The summed E-state index contributed by atoms with van der Waals surface area (Å²) in [6.45, 7) is 3.88. The van der Waals surface area contributed by atoms with Crippen molar-refractivity contribution in [2.24, 2.45) is 5.73 Å². The molecule has 126 valence electrons. The summed E-state index contributed by atoms with van der Waals surface area (Å²) in [6, 6.07) is 0. The van der Waals surface area contributed by atoms with E-state index in [0.29, 0.717) is 6.54 Å². The van der Waals surface area contributed by atoms with Crippen molar-refractivity contribution >= 4 is 0 Å². The van der Waals surface area contributed by atoms with Gasteiger partial charge in [0.25, 0.3) is 0 Å². The maximum absolute atomic E-state index is 5.40. The maximum atomic E-state index is 5.40. The molecule has 0 bridgehead atoms. The molecule has 0 aliphatic carbocycles. The molecular weight excluding hydrogens is 256 g/mol. The normalized spacial score (nSPS) is 11.3. The van der Waals surface area contributed by atoms with Crippen molar-refractivity contribution in [3.63, 3.8) is 0 Å². The molecule has 0 unspecified atom stereocenters. The maximum Gasteiger partial charge on any atom is 0.0264 e. The lowest BCUT2D eigenvalue weighted by Crippen LogP contribution is -2.16. The van der Waals surface area contributed by atoms with Gasteiger partial charge in [-0.05, 0) is 19.0 Å². The van der Waals surface area contributed by atoms with Crippen molar-refractivity contribution in [1.29, 1.82) is 0 Å². The van der Waals surface area contributed by atoms with E-state index in [4.69, 9.17) is 5.73 Å². The van der Waals surface area contributed by atoms with Crippen molar-refractivity contribution in [3.05, 3.63) is 12.3 Å². The minimum atomic E-state index is 0.711. The van der Waals surface area contributed by atoms with Crippen molar-refractivity contribution in [2.45, 2.75) is 96.8 Å². The molecule has 2 heteroatoms. The summed E-state index contributed by atoms with van der Waals surface area (Å²) in [6.07, 6.45) is 24.0. The third-order valence-electron chi connectivity index (χ3n) is 4.00. The zero-order valence-corrected chi connectivity index (χ0v) is 14.5. The first-order valence-electron chi connectivity index (χ1n) is 9.50. The third kappa shape index (κ3) is 19.5. The van der Waals surface area contributed by atoms with Gasteiger partial charge in [0.1, 0.15) is 0 Å². The van der Waals surface area contributed by atoms with E-state index in [-0.39, 0.29) is 0 Å². The van der Waals surface area contributed by atoms with Crippen LogP contribution in [0.2, 0.25) is 0 Å². The molecule has 0 aromatic heterocycles. The average Bonchev–Trinajstić information content (AvgIpc) is 2.50. The van der Waals surface area contributed by atoms with E-state index in [2.05, 4.69) is 18.3 Å². The lowest BCUT2D eigenvalue weighted by molar-refractivity contribution is 0.540. The lowest BCUT2D eigenvalue weighted by atomic mass is 10.0. The smallest absolute Gasteiger partial charge is 0.0264 e. The van der Waals surface area contributed by atoms with Crippen LogP contribution in [0.25, 0.3) is 0 Å². The van der Waals surface area contributed by atoms with Crippen molar-refractivity contribution in [1.82, 2.24) is 5.32 Å². The first kappa shape index (κ1) is 20.5. The number of allylic oxidation sites excluding steroid dienone is 1. The molecular formula is C19H40N2. The second kappa shape index (κ2) is 19.5. The minimum Gasteiger partial charge on any atom is -0.390 e. The molecule has 0 saturated heterocycles. The van der Waals surface area contributed by atoms with E-state index < -0.39 is 0 Å². The lowest BCUT2D eigenvalue weighted by Gasteiger charge is -2.02. The van der Waals surface area contributed by atoms with Gasteiger partial charge in [-0.2, -0.15) is 0 Å². The summed E-state index contributed by atoms with van der Waals surface area (Å²) in [7, 11) is 0. The predicted molar refractivity (Wildman–Crippen MR) is 96.5 cm³/mol. The number of rotatable bonds is 17. The van der Waals surface area contributed by atoms with Gasteiger partial charge in [-0.15, -0.1) is 0 Å². The van der Waals surface area contributed by atoms with Crippen LogP contribution in [0, 0.1) is 0 Å². The Morgan fingerprint density at radius 2 is 1.19 bits per heavy atom. The fourth-order valence-corrected chi connectivity index (χ4v) is 2.61. The summed E-state index contributed by atoms with van der Waals surface area (Å²) in [5, 5.41) is 3.18. The Morgan fingerprint density at radius 3 is 1.67 bits per heavy atom. The van der Waals surface area contributed by atoms with Gasteiger partial charge in [0.15, 0.2) is 0 Å². The monoisotopic (exact) mass is 296 g/mol. The highest BCUT2D eigenvalue weighted by Crippen LogP contribution is 2.12. The number of hydrogen-bond donors (Lipinski definition) is 2. The van der Waals surface area contributed by atoms with Gasteiger partial charge in [0, 0.05) is 13.1 Å². The van der Waals surface area contributed by atoms with Crippen LogP contribution in [-0.4, -0.2) is 13.1 Å². The van der Waals surface area contributed by atoms with Crippen LogP contribution in [0.3, 0.4) is 0 Å². The topological polar surface area (TPSA) is 38.0 Å². The molecule has 21 heavy (non-hydrogen) atoms. The molecule has 0 spiro atoms. The molecule has 0 amide bonds. The predicted octanol–water partition coefficient (Wildman–Crippen LogP) is 5.53. The molecule has 0 aromatic carbocycles. The van der Waals surface area contributed by atoms with E-state index >= 15 is 0 Å². The fourth-order valence-electron chi connectivity index (χ4n) is 2.61. The van der Waals surface area contributed by atoms with E-state index in [1.807, 2.05) is 6.20 Å². The second-order valence-corrected chi connectivity index (χ2v) is 6.18. The first-order valence-corrected chi connectivity index (χ1v) is 9.50. The Balaban J connectivity index is 2.98. The Labute approximate surface area is 134 Å². The standard InChI is InChI=1S/C19H40N2/c1-2-3-4-5-6-7-8-9-10-11-12-13-14-15-16-18-21-19-17-20/h16,18,21H,2-15,17,19-20H2,1H3/b18-16+. The van der Waals surface area contributed by atoms with Crippen molar-refractivity contribution in [2.75, 3.05) is 13.1 Å². The van der Waals surface area contributed by atoms with Crippen molar-refractivity contribution < 1.29 is 0 Å². The van der Waals surface area contributed by atoms with Crippen LogP contribution < -0.4 is 11.1 Å². The van der Waals surface area contributed by atoms with Gasteiger partial charge in [0.2, 0.25) is 0 Å². The Kier molecular flexibility index (Phi) is 19.0. The first-order chi connectivity index (χ1) is 10.4. The van der Waals surface area contributed by atoms with Crippen LogP contribution in [0.5, 0.6) is 0 Å². The molecule has 0 aliphatic rings. The molecule has 0 fully saturated rings. The number of nitrogens with one attached hydrogen (secondary N) is 1. The second-order valence-electron chi connectivity index (χ2n) is 6.18. The van der Waals surface area contributed by atoms with Gasteiger partial charge in [-0.1, -0.05) is 90.0 Å². The van der Waals surface area contributed by atoms with E-state index in [9.17, 15) is 0 Å². The largest absolute Gasteiger partial charge is 0.390 e. The molecule has 2 nitrogen and oxygen atoms in total. The molecule has 0 saturated carbocycles. The van der Waals surface area contributed by atoms with Crippen LogP contribution in [0.1, 0.15) is 96.8 Å². The molecule has 0 heterocycles. The molecule has 0 radical (unpaired) electrons. The Hall–Kier alpha value is -0.500. The van der Waals surface area contributed by atoms with Crippen LogP contribution in [0.4, 0.5) is 0 Å². The minimum absolute atomic E-state index is 0.711. The summed E-state index contributed by atoms with van der Waals surface area (Å²) in [5.74, 6) is 0. The molecule has 0 rings (SSSR count). The summed E-state index contributed by atoms with van der Waals surface area (Å²) in [5.41, 5.74) is 5.40. The van der Waals surface area contributed by atoms with E-state index in [1.165, 1.54) is 89.9 Å². The zero-order chi connectivity index (χ0) is 15.4. The zero-order valence-electron chi connectivity index (χ0n) is 14.5. The van der Waals surface area contributed by atoms with Gasteiger partial charge in [-0.3, -0.25) is 0 Å². The number of nitrogens with two attached hydrogens (primary N) is 1. The third-order valence-corrected chi connectivity index (χ3v) is 4.00. The van der Waals surface area contributed by atoms with Gasteiger partial charge < -0.3 is 11.1 Å². The quantitative estimate of drug-likeness (QED) is 0.346. The van der Waals surface area contributed by atoms with Crippen LogP contribution in [-0.2, 0) is 0 Å². The molecule has 3 N–H and O–H groups in total. The van der Waals surface area contributed by atoms with Crippen LogP contribution >= 0.6 is 0 Å². The SMILES string of the molecule is CCCCCCCCCCCCCCC/C=C/NCCN. The molecule has 0 aliphatic heterocycles. The number of hydrogen-bond acceptors (Lipinski definition) is 2. The molecule has 0 atom stereocenters. The summed E-state index contributed by atoms with van der Waals surface area (Å²) in [4.78, 5) is 0. The highest BCUT2D eigenvalue weighted by Gasteiger charge is 1.93.